The highest BCUT2D eigenvalue weighted by Gasteiger charge is 2.05. The van der Waals surface area contributed by atoms with Crippen LogP contribution in [-0.4, -0.2) is 28.6 Å². The Bertz CT molecular complexity index is 557. The van der Waals surface area contributed by atoms with Gasteiger partial charge in [0.1, 0.15) is 5.82 Å². The minimum atomic E-state index is -0.259. The molecule has 0 aliphatic carbocycles. The fraction of sp³-hybridized carbons (Fsp3) is 0.200. The summed E-state index contributed by atoms with van der Waals surface area (Å²) in [5.74, 6) is -0.259. The average Bonchev–Trinajstić information content (AvgIpc) is 2.48. The van der Waals surface area contributed by atoms with Crippen LogP contribution in [-0.2, 0) is 6.42 Å². The van der Waals surface area contributed by atoms with E-state index in [0.29, 0.717) is 5.11 Å². The number of anilines is 1. The number of pyridine rings is 1. The van der Waals surface area contributed by atoms with E-state index in [2.05, 4.69) is 10.3 Å². The van der Waals surface area contributed by atoms with Crippen LogP contribution in [0.1, 0.15) is 5.69 Å². The van der Waals surface area contributed by atoms with E-state index in [0.717, 1.165) is 24.3 Å². The van der Waals surface area contributed by atoms with E-state index in [4.69, 9.17) is 12.2 Å². The van der Waals surface area contributed by atoms with Gasteiger partial charge in [-0.25, -0.2) is 4.39 Å². The lowest BCUT2D eigenvalue weighted by atomic mass is 10.2. The Morgan fingerprint density at radius 1 is 1.25 bits per heavy atom. The van der Waals surface area contributed by atoms with Crippen LogP contribution < -0.4 is 5.32 Å². The van der Waals surface area contributed by atoms with Crippen molar-refractivity contribution in [3.8, 4) is 0 Å². The van der Waals surface area contributed by atoms with Crippen molar-refractivity contribution in [2.45, 2.75) is 6.42 Å². The van der Waals surface area contributed by atoms with E-state index >= 15 is 0 Å². The molecule has 0 radical (unpaired) electrons. The first-order valence-electron chi connectivity index (χ1n) is 6.33. The van der Waals surface area contributed by atoms with Crippen LogP contribution in [0.2, 0.25) is 0 Å². The fourth-order valence-corrected chi connectivity index (χ4v) is 1.89. The van der Waals surface area contributed by atoms with Crippen molar-refractivity contribution in [3.05, 3.63) is 60.2 Å². The summed E-state index contributed by atoms with van der Waals surface area (Å²) >= 11 is 5.31. The molecule has 0 fully saturated rings. The molecule has 1 aromatic heterocycles. The van der Waals surface area contributed by atoms with E-state index < -0.39 is 0 Å². The van der Waals surface area contributed by atoms with Gasteiger partial charge in [-0.1, -0.05) is 6.07 Å². The summed E-state index contributed by atoms with van der Waals surface area (Å²) in [6.07, 6.45) is 2.60. The van der Waals surface area contributed by atoms with Gasteiger partial charge in [0.25, 0.3) is 0 Å². The Hall–Kier alpha value is -2.01. The van der Waals surface area contributed by atoms with Crippen LogP contribution in [0.15, 0.2) is 48.7 Å². The van der Waals surface area contributed by atoms with Crippen molar-refractivity contribution < 1.29 is 4.39 Å². The number of thiocarbonyl (C=S) groups is 1. The van der Waals surface area contributed by atoms with E-state index in [1.807, 2.05) is 30.1 Å². The summed E-state index contributed by atoms with van der Waals surface area (Å²) in [7, 11) is 1.92. The second kappa shape index (κ2) is 6.96. The van der Waals surface area contributed by atoms with Crippen LogP contribution >= 0.6 is 12.2 Å². The number of aromatic nitrogens is 1. The molecule has 0 aliphatic heterocycles. The summed E-state index contributed by atoms with van der Waals surface area (Å²) in [5, 5.41) is 3.68. The molecular weight excluding hydrogens is 273 g/mol. The molecule has 104 valence electrons. The maximum atomic E-state index is 12.8. The monoisotopic (exact) mass is 289 g/mol. The largest absolute Gasteiger partial charge is 0.352 e. The molecule has 1 aromatic carbocycles. The highest BCUT2D eigenvalue weighted by Crippen LogP contribution is 2.09. The number of likely N-dealkylation sites (N-methyl/N-ethyl adjacent to an activating group) is 1. The predicted molar refractivity (Wildman–Crippen MR) is 83.2 cm³/mol. The minimum Gasteiger partial charge on any atom is -0.352 e. The normalized spacial score (nSPS) is 10.1. The number of rotatable bonds is 4. The lowest BCUT2D eigenvalue weighted by molar-refractivity contribution is 0.512. The van der Waals surface area contributed by atoms with Gasteiger partial charge < -0.3 is 10.2 Å². The van der Waals surface area contributed by atoms with Crippen LogP contribution in [0.3, 0.4) is 0 Å². The number of hydrogen-bond donors (Lipinski definition) is 1. The van der Waals surface area contributed by atoms with Gasteiger partial charge in [-0.05, 0) is 48.6 Å². The van der Waals surface area contributed by atoms with Gasteiger partial charge in [-0.2, -0.15) is 0 Å². The number of halogens is 1. The Kier molecular flexibility index (Phi) is 5.01. The molecule has 1 heterocycles. The van der Waals surface area contributed by atoms with E-state index in [1.165, 1.54) is 12.1 Å². The topological polar surface area (TPSA) is 28.2 Å². The molecule has 0 saturated heterocycles. The molecule has 0 unspecified atom stereocenters. The van der Waals surface area contributed by atoms with Crippen molar-refractivity contribution >= 4 is 23.0 Å². The Morgan fingerprint density at radius 2 is 2.00 bits per heavy atom. The second-order valence-corrected chi connectivity index (χ2v) is 4.82. The minimum absolute atomic E-state index is 0.259. The maximum Gasteiger partial charge on any atom is 0.173 e. The van der Waals surface area contributed by atoms with Crippen molar-refractivity contribution in [3.63, 3.8) is 0 Å². The zero-order valence-corrected chi connectivity index (χ0v) is 12.0. The Labute approximate surface area is 123 Å². The van der Waals surface area contributed by atoms with Gasteiger partial charge in [-0.3, -0.25) is 4.98 Å². The Balaban J connectivity index is 1.84. The molecule has 20 heavy (non-hydrogen) atoms. The second-order valence-electron chi connectivity index (χ2n) is 4.43. The molecule has 0 saturated carbocycles. The first-order chi connectivity index (χ1) is 9.65. The molecule has 0 spiro atoms. The summed E-state index contributed by atoms with van der Waals surface area (Å²) in [6, 6.07) is 12.0. The third kappa shape index (κ3) is 4.28. The molecule has 0 atom stereocenters. The van der Waals surface area contributed by atoms with Gasteiger partial charge in [0, 0.05) is 37.6 Å². The zero-order chi connectivity index (χ0) is 14.4. The lowest BCUT2D eigenvalue weighted by Gasteiger charge is -2.20. The first-order valence-corrected chi connectivity index (χ1v) is 6.73. The standard InChI is InChI=1S/C15H16FN3S/c1-19(11-9-13-4-2-3-10-17-13)15(20)18-14-7-5-12(16)6-8-14/h2-8,10H,9,11H2,1H3,(H,18,20). The highest BCUT2D eigenvalue weighted by atomic mass is 32.1. The summed E-state index contributed by atoms with van der Waals surface area (Å²) in [5.41, 5.74) is 1.81. The number of benzene rings is 1. The third-order valence-electron chi connectivity index (χ3n) is 2.87. The van der Waals surface area contributed by atoms with Crippen LogP contribution in [0.25, 0.3) is 0 Å². The molecule has 0 amide bonds. The first kappa shape index (κ1) is 14.4. The average molecular weight is 289 g/mol. The number of nitrogens with one attached hydrogen (secondary N) is 1. The smallest absolute Gasteiger partial charge is 0.173 e. The van der Waals surface area contributed by atoms with Crippen LogP contribution in [0, 0.1) is 5.82 Å². The summed E-state index contributed by atoms with van der Waals surface area (Å²) < 4.78 is 12.8. The molecule has 0 bridgehead atoms. The van der Waals surface area contributed by atoms with Crippen LogP contribution in [0.4, 0.5) is 10.1 Å². The zero-order valence-electron chi connectivity index (χ0n) is 11.2. The van der Waals surface area contributed by atoms with Gasteiger partial charge in [0.2, 0.25) is 0 Å². The van der Waals surface area contributed by atoms with E-state index in [9.17, 15) is 4.39 Å². The van der Waals surface area contributed by atoms with Crippen molar-refractivity contribution in [2.24, 2.45) is 0 Å². The summed E-state index contributed by atoms with van der Waals surface area (Å²) in [6.45, 7) is 0.768. The van der Waals surface area contributed by atoms with Gasteiger partial charge >= 0.3 is 0 Å². The number of nitrogens with zero attached hydrogens (tertiary/aromatic N) is 2. The molecule has 2 rings (SSSR count). The molecule has 1 N–H and O–H groups in total. The van der Waals surface area contributed by atoms with Gasteiger partial charge in [-0.15, -0.1) is 0 Å². The molecule has 5 heteroatoms. The third-order valence-corrected chi connectivity index (χ3v) is 3.29. The lowest BCUT2D eigenvalue weighted by Crippen LogP contribution is -2.32. The maximum absolute atomic E-state index is 12.8. The SMILES string of the molecule is CN(CCc1ccccn1)C(=S)Nc1ccc(F)cc1. The van der Waals surface area contributed by atoms with Gasteiger partial charge in [0.15, 0.2) is 5.11 Å². The molecule has 0 aliphatic rings. The predicted octanol–water partition coefficient (Wildman–Crippen LogP) is 3.09. The van der Waals surface area contributed by atoms with E-state index in [1.54, 1.807) is 18.3 Å². The van der Waals surface area contributed by atoms with Gasteiger partial charge in [0.05, 0.1) is 0 Å². The van der Waals surface area contributed by atoms with Crippen molar-refractivity contribution in [1.29, 1.82) is 0 Å². The van der Waals surface area contributed by atoms with Crippen molar-refractivity contribution in [1.82, 2.24) is 9.88 Å². The molecule has 3 nitrogen and oxygen atoms in total. The fourth-order valence-electron chi connectivity index (χ4n) is 1.68. The molecule has 2 aromatic rings. The quantitative estimate of drug-likeness (QED) is 0.876. The van der Waals surface area contributed by atoms with E-state index in [-0.39, 0.29) is 5.82 Å². The Morgan fingerprint density at radius 3 is 2.65 bits per heavy atom. The van der Waals surface area contributed by atoms with Crippen molar-refractivity contribution in [2.75, 3.05) is 18.9 Å². The van der Waals surface area contributed by atoms with Crippen LogP contribution in [0.5, 0.6) is 0 Å². The molecular formula is C15H16FN3S. The highest BCUT2D eigenvalue weighted by molar-refractivity contribution is 7.80. The number of hydrogen-bond acceptors (Lipinski definition) is 2. The summed E-state index contributed by atoms with van der Waals surface area (Å²) in [4.78, 5) is 6.21.